The van der Waals surface area contributed by atoms with Gasteiger partial charge in [-0.1, -0.05) is 24.3 Å². The molecule has 4 heteroatoms. The average molecular weight is 267 g/mol. The molecule has 3 rings (SSSR count). The van der Waals surface area contributed by atoms with Gasteiger partial charge in [0.05, 0.1) is 11.9 Å². The molecule has 1 aliphatic rings. The van der Waals surface area contributed by atoms with Crippen molar-refractivity contribution in [2.24, 2.45) is 5.73 Å². The molecule has 1 aliphatic carbocycles. The summed E-state index contributed by atoms with van der Waals surface area (Å²) >= 11 is 0. The number of aromatic nitrogens is 1. The van der Waals surface area contributed by atoms with Crippen molar-refractivity contribution in [3.8, 4) is 0 Å². The Balaban J connectivity index is 1.88. The number of rotatable bonds is 2. The molecule has 0 fully saturated rings. The summed E-state index contributed by atoms with van der Waals surface area (Å²) in [6.07, 6.45) is 4.86. The van der Waals surface area contributed by atoms with Crippen molar-refractivity contribution >= 4 is 11.6 Å². The number of hydrogen-bond donors (Lipinski definition) is 2. The van der Waals surface area contributed by atoms with Crippen LogP contribution in [0.4, 0.5) is 5.69 Å². The molecule has 1 unspecified atom stereocenters. The van der Waals surface area contributed by atoms with Crippen LogP contribution in [0.15, 0.2) is 42.7 Å². The van der Waals surface area contributed by atoms with E-state index < -0.39 is 5.54 Å². The number of anilines is 1. The zero-order chi connectivity index (χ0) is 14.2. The van der Waals surface area contributed by atoms with E-state index in [0.717, 1.165) is 23.1 Å². The van der Waals surface area contributed by atoms with Gasteiger partial charge >= 0.3 is 0 Å². The fraction of sp³-hybridized carbons (Fsp3) is 0.250. The number of nitrogens with two attached hydrogens (primary N) is 1. The van der Waals surface area contributed by atoms with Crippen molar-refractivity contribution in [3.63, 3.8) is 0 Å². The van der Waals surface area contributed by atoms with Gasteiger partial charge in [-0.3, -0.25) is 9.78 Å². The molecule has 1 aromatic carbocycles. The van der Waals surface area contributed by atoms with E-state index in [1.165, 1.54) is 0 Å². The Morgan fingerprint density at radius 2 is 2.15 bits per heavy atom. The Hall–Kier alpha value is -2.20. The second kappa shape index (κ2) is 4.72. The molecule has 3 N–H and O–H groups in total. The number of nitrogens with one attached hydrogen (secondary N) is 1. The molecule has 1 amide bonds. The fourth-order valence-corrected chi connectivity index (χ4v) is 2.74. The third-order valence-electron chi connectivity index (χ3n) is 3.82. The summed E-state index contributed by atoms with van der Waals surface area (Å²) in [4.78, 5) is 16.6. The quantitative estimate of drug-likeness (QED) is 0.875. The van der Waals surface area contributed by atoms with Gasteiger partial charge in [-0.15, -0.1) is 0 Å². The van der Waals surface area contributed by atoms with Crippen molar-refractivity contribution in [2.45, 2.75) is 25.3 Å². The summed E-state index contributed by atoms with van der Waals surface area (Å²) in [6.45, 7) is 1.94. The lowest BCUT2D eigenvalue weighted by molar-refractivity contribution is -0.121. The van der Waals surface area contributed by atoms with Crippen LogP contribution in [0.3, 0.4) is 0 Å². The lowest BCUT2D eigenvalue weighted by Crippen LogP contribution is -2.46. The number of carbonyl (C=O) groups excluding carboxylic acids is 1. The lowest BCUT2D eigenvalue weighted by Gasteiger charge is -2.24. The zero-order valence-electron chi connectivity index (χ0n) is 11.4. The maximum atomic E-state index is 12.5. The largest absolute Gasteiger partial charge is 0.323 e. The first kappa shape index (κ1) is 12.8. The smallest absolute Gasteiger partial charge is 0.249 e. The molecule has 1 aromatic heterocycles. The van der Waals surface area contributed by atoms with Gasteiger partial charge in [0.2, 0.25) is 5.91 Å². The van der Waals surface area contributed by atoms with Gasteiger partial charge in [0, 0.05) is 6.20 Å². The topological polar surface area (TPSA) is 68.0 Å². The van der Waals surface area contributed by atoms with Crippen LogP contribution in [0.25, 0.3) is 0 Å². The van der Waals surface area contributed by atoms with Crippen molar-refractivity contribution in [1.82, 2.24) is 4.98 Å². The Labute approximate surface area is 118 Å². The van der Waals surface area contributed by atoms with Gasteiger partial charge in [-0.2, -0.15) is 0 Å². The molecular weight excluding hydrogens is 250 g/mol. The minimum absolute atomic E-state index is 0.171. The summed E-state index contributed by atoms with van der Waals surface area (Å²) in [7, 11) is 0. The summed E-state index contributed by atoms with van der Waals surface area (Å²) in [5.41, 5.74) is 9.20. The normalized spacial score (nSPS) is 20.5. The van der Waals surface area contributed by atoms with E-state index in [1.54, 1.807) is 12.4 Å². The Morgan fingerprint density at radius 1 is 1.35 bits per heavy atom. The van der Waals surface area contributed by atoms with E-state index in [1.807, 2.05) is 37.3 Å². The second-order valence-electron chi connectivity index (χ2n) is 5.33. The summed E-state index contributed by atoms with van der Waals surface area (Å²) in [5.74, 6) is -0.171. The molecule has 20 heavy (non-hydrogen) atoms. The molecular formula is C16H17N3O. The van der Waals surface area contributed by atoms with Crippen LogP contribution in [0.2, 0.25) is 0 Å². The second-order valence-corrected chi connectivity index (χ2v) is 5.33. The van der Waals surface area contributed by atoms with E-state index >= 15 is 0 Å². The molecule has 0 spiro atoms. The molecule has 1 atom stereocenters. The monoisotopic (exact) mass is 267 g/mol. The van der Waals surface area contributed by atoms with Crippen LogP contribution in [0.5, 0.6) is 0 Å². The van der Waals surface area contributed by atoms with Crippen LogP contribution >= 0.6 is 0 Å². The van der Waals surface area contributed by atoms with E-state index in [-0.39, 0.29) is 5.91 Å². The number of fused-ring (bicyclic) bond motifs is 1. The molecule has 0 radical (unpaired) electrons. The predicted molar refractivity (Wildman–Crippen MR) is 78.2 cm³/mol. The number of aryl methyl sites for hydroxylation is 2. The Morgan fingerprint density at radius 3 is 2.95 bits per heavy atom. The standard InChI is InChI=1S/C16H17N3O/c1-11-8-13(10-18-9-11)19-15(20)16(17)7-6-12-4-2-3-5-14(12)16/h2-5,8-10H,6-7,17H2,1H3,(H,19,20). The maximum Gasteiger partial charge on any atom is 0.249 e. The fourth-order valence-electron chi connectivity index (χ4n) is 2.74. The molecule has 1 heterocycles. The van der Waals surface area contributed by atoms with Crippen molar-refractivity contribution < 1.29 is 4.79 Å². The van der Waals surface area contributed by atoms with Gasteiger partial charge in [0.15, 0.2) is 0 Å². The van der Waals surface area contributed by atoms with E-state index in [9.17, 15) is 4.79 Å². The highest BCUT2D eigenvalue weighted by molar-refractivity contribution is 5.99. The van der Waals surface area contributed by atoms with Crippen LogP contribution in [-0.2, 0) is 16.8 Å². The molecule has 0 bridgehead atoms. The third kappa shape index (κ3) is 2.08. The maximum absolute atomic E-state index is 12.5. The average Bonchev–Trinajstić information content (AvgIpc) is 2.79. The lowest BCUT2D eigenvalue weighted by atomic mass is 9.92. The van der Waals surface area contributed by atoms with Crippen LogP contribution in [0, 0.1) is 6.92 Å². The van der Waals surface area contributed by atoms with Gasteiger partial charge in [0.1, 0.15) is 5.54 Å². The molecule has 4 nitrogen and oxygen atoms in total. The predicted octanol–water partition coefficient (Wildman–Crippen LogP) is 2.13. The first-order valence-electron chi connectivity index (χ1n) is 6.70. The van der Waals surface area contributed by atoms with Crippen molar-refractivity contribution in [1.29, 1.82) is 0 Å². The van der Waals surface area contributed by atoms with Gasteiger partial charge < -0.3 is 11.1 Å². The van der Waals surface area contributed by atoms with Crippen LogP contribution < -0.4 is 11.1 Å². The minimum atomic E-state index is -0.944. The first-order valence-corrected chi connectivity index (χ1v) is 6.70. The van der Waals surface area contributed by atoms with Gasteiger partial charge in [-0.05, 0) is 42.5 Å². The number of hydrogen-bond acceptors (Lipinski definition) is 3. The van der Waals surface area contributed by atoms with E-state index in [2.05, 4.69) is 10.3 Å². The molecule has 0 aliphatic heterocycles. The number of benzene rings is 1. The summed E-state index contributed by atoms with van der Waals surface area (Å²) in [6, 6.07) is 9.76. The van der Waals surface area contributed by atoms with Crippen LogP contribution in [0.1, 0.15) is 23.1 Å². The molecule has 2 aromatic rings. The molecule has 0 saturated heterocycles. The molecule has 102 valence electrons. The minimum Gasteiger partial charge on any atom is -0.323 e. The van der Waals surface area contributed by atoms with E-state index in [4.69, 9.17) is 5.73 Å². The van der Waals surface area contributed by atoms with Gasteiger partial charge in [-0.25, -0.2) is 0 Å². The Bertz CT molecular complexity index is 668. The number of carbonyl (C=O) groups is 1. The Kier molecular flexibility index (Phi) is 3.03. The van der Waals surface area contributed by atoms with Gasteiger partial charge in [0.25, 0.3) is 0 Å². The van der Waals surface area contributed by atoms with E-state index in [0.29, 0.717) is 12.1 Å². The zero-order valence-corrected chi connectivity index (χ0v) is 11.4. The highest BCUT2D eigenvalue weighted by Crippen LogP contribution is 2.35. The SMILES string of the molecule is Cc1cncc(NC(=O)C2(N)CCc3ccccc32)c1. The highest BCUT2D eigenvalue weighted by Gasteiger charge is 2.41. The van der Waals surface area contributed by atoms with Crippen molar-refractivity contribution in [2.75, 3.05) is 5.32 Å². The van der Waals surface area contributed by atoms with Crippen molar-refractivity contribution in [3.05, 3.63) is 59.4 Å². The highest BCUT2D eigenvalue weighted by atomic mass is 16.2. The summed E-state index contributed by atoms with van der Waals surface area (Å²) in [5, 5.41) is 2.88. The summed E-state index contributed by atoms with van der Waals surface area (Å²) < 4.78 is 0. The first-order chi connectivity index (χ1) is 9.59. The number of nitrogens with zero attached hydrogens (tertiary/aromatic N) is 1. The molecule has 0 saturated carbocycles. The van der Waals surface area contributed by atoms with Crippen LogP contribution in [-0.4, -0.2) is 10.9 Å². The third-order valence-corrected chi connectivity index (χ3v) is 3.82. The number of pyridine rings is 1. The number of amides is 1.